The first-order valence-electron chi connectivity index (χ1n) is 9.58. The smallest absolute Gasteiger partial charge is 0.255 e. The summed E-state index contributed by atoms with van der Waals surface area (Å²) in [5, 5.41) is 7.80. The van der Waals surface area contributed by atoms with Gasteiger partial charge in [0.25, 0.3) is 5.88 Å². The third-order valence-electron chi connectivity index (χ3n) is 5.62. The van der Waals surface area contributed by atoms with Crippen LogP contribution in [0.25, 0.3) is 17.5 Å². The average molecular weight is 417 g/mol. The van der Waals surface area contributed by atoms with Crippen LogP contribution >= 0.6 is 11.7 Å². The van der Waals surface area contributed by atoms with E-state index in [0.29, 0.717) is 11.6 Å². The molecule has 2 aromatic heterocycles. The molecular weight excluding hydrogens is 396 g/mol. The number of aromatic nitrogens is 4. The van der Waals surface area contributed by atoms with Crippen molar-refractivity contribution in [3.8, 4) is 23.0 Å². The molecule has 30 heavy (non-hydrogen) atoms. The van der Waals surface area contributed by atoms with E-state index in [1.54, 1.807) is 14.2 Å². The van der Waals surface area contributed by atoms with Crippen molar-refractivity contribution in [3.63, 3.8) is 0 Å². The molecule has 0 spiro atoms. The van der Waals surface area contributed by atoms with E-state index in [9.17, 15) is 0 Å². The lowest BCUT2D eigenvalue weighted by molar-refractivity contribution is 0.403. The van der Waals surface area contributed by atoms with Gasteiger partial charge in [-0.25, -0.2) is 0 Å². The summed E-state index contributed by atoms with van der Waals surface area (Å²) in [5.74, 6) is 1.33. The molecule has 7 heteroatoms. The van der Waals surface area contributed by atoms with E-state index >= 15 is 0 Å². The van der Waals surface area contributed by atoms with Crippen molar-refractivity contribution >= 4 is 17.8 Å². The number of ether oxygens (including phenoxy) is 2. The number of fused-ring (bicyclic) bond motifs is 1. The molecular formula is C23H20N4O2S. The van der Waals surface area contributed by atoms with Crippen LogP contribution in [0.1, 0.15) is 22.4 Å². The van der Waals surface area contributed by atoms with E-state index in [4.69, 9.17) is 9.47 Å². The molecule has 4 aromatic rings. The van der Waals surface area contributed by atoms with Crippen molar-refractivity contribution in [1.82, 2.24) is 18.9 Å². The highest BCUT2D eigenvalue weighted by molar-refractivity contribution is 6.99. The Balaban J connectivity index is 1.66. The highest BCUT2D eigenvalue weighted by Gasteiger charge is 2.37. The molecule has 2 aromatic carbocycles. The van der Waals surface area contributed by atoms with Crippen LogP contribution in [0, 0.1) is 0 Å². The summed E-state index contributed by atoms with van der Waals surface area (Å²) in [7, 11) is 3.29. The Hall–Kier alpha value is -3.45. The number of hydrogen-bond acceptors (Lipinski definition) is 6. The molecule has 0 amide bonds. The third kappa shape index (κ3) is 2.90. The number of nitrogens with zero attached hydrogens (tertiary/aromatic N) is 3. The Labute approximate surface area is 178 Å². The molecule has 0 fully saturated rings. The maximum absolute atomic E-state index is 5.50. The van der Waals surface area contributed by atoms with Gasteiger partial charge in [-0.15, -0.1) is 4.37 Å². The Bertz CT molecular complexity index is 1210. The first-order chi connectivity index (χ1) is 14.7. The second-order valence-corrected chi connectivity index (χ2v) is 7.69. The van der Waals surface area contributed by atoms with Gasteiger partial charge in [0.05, 0.1) is 25.9 Å². The molecule has 1 N–H and O–H groups in total. The van der Waals surface area contributed by atoms with Crippen molar-refractivity contribution < 1.29 is 9.47 Å². The minimum absolute atomic E-state index is 0.336. The summed E-state index contributed by atoms with van der Waals surface area (Å²) in [4.78, 5) is 0. The first-order valence-corrected chi connectivity index (χ1v) is 10.3. The van der Waals surface area contributed by atoms with E-state index in [2.05, 4.69) is 67.5 Å². The van der Waals surface area contributed by atoms with Crippen LogP contribution in [0.15, 0.2) is 60.7 Å². The largest absolute Gasteiger partial charge is 0.497 e. The average Bonchev–Trinajstić information content (AvgIpc) is 3.45. The number of hydrogen-bond donors (Lipinski definition) is 1. The normalized spacial score (nSPS) is 17.5. The van der Waals surface area contributed by atoms with Crippen LogP contribution < -0.4 is 9.47 Å². The van der Waals surface area contributed by atoms with Crippen LogP contribution in [0.3, 0.4) is 0 Å². The molecule has 1 unspecified atom stereocenters. The number of allylic oxidation sites excluding steroid dienone is 1. The standard InChI is InChI=1S/C23H20N4O2S/c1-28-17-10-6-9-16(13-17)23(15-7-4-3-5-8-15)12-11-18-19(14-23)24-25-20(18)21-22(29-2)27-30-26-21/h3-13H,14H2,1-2H3,(H,24,25). The molecule has 0 bridgehead atoms. The Morgan fingerprint density at radius 2 is 1.77 bits per heavy atom. The SMILES string of the molecule is COc1cccc(C2(c3ccccc3)C=Cc3c(-c4nsnc4OC)n[nH]c3C2)c1. The second-order valence-electron chi connectivity index (χ2n) is 7.17. The van der Waals surface area contributed by atoms with Gasteiger partial charge in [0.2, 0.25) is 0 Å². The van der Waals surface area contributed by atoms with Crippen molar-refractivity contribution in [2.24, 2.45) is 0 Å². The van der Waals surface area contributed by atoms with Gasteiger partial charge in [0.1, 0.15) is 11.4 Å². The van der Waals surface area contributed by atoms with Crippen LogP contribution in [0.2, 0.25) is 0 Å². The summed E-state index contributed by atoms with van der Waals surface area (Å²) < 4.78 is 19.4. The molecule has 1 atom stereocenters. The van der Waals surface area contributed by atoms with Gasteiger partial charge in [-0.1, -0.05) is 54.6 Å². The number of rotatable bonds is 5. The summed E-state index contributed by atoms with van der Waals surface area (Å²) in [6.07, 6.45) is 5.12. The molecule has 6 nitrogen and oxygen atoms in total. The maximum atomic E-state index is 5.50. The van der Waals surface area contributed by atoms with Crippen LogP contribution in [0.5, 0.6) is 11.6 Å². The fourth-order valence-electron chi connectivity index (χ4n) is 4.10. The van der Waals surface area contributed by atoms with E-state index in [1.165, 1.54) is 11.1 Å². The van der Waals surface area contributed by atoms with E-state index in [1.807, 2.05) is 18.2 Å². The maximum Gasteiger partial charge on any atom is 0.255 e. The van der Waals surface area contributed by atoms with E-state index in [0.717, 1.165) is 40.8 Å². The summed E-state index contributed by atoms with van der Waals surface area (Å²) in [5.41, 5.74) is 5.54. The molecule has 1 aliphatic carbocycles. The van der Waals surface area contributed by atoms with Crippen molar-refractivity contribution in [2.75, 3.05) is 14.2 Å². The molecule has 0 saturated carbocycles. The quantitative estimate of drug-likeness (QED) is 0.519. The Kier molecular flexibility index (Phi) is 4.59. The number of nitrogens with one attached hydrogen (secondary N) is 1. The van der Waals surface area contributed by atoms with Crippen molar-refractivity contribution in [2.45, 2.75) is 11.8 Å². The van der Waals surface area contributed by atoms with Gasteiger partial charge < -0.3 is 9.47 Å². The molecule has 5 rings (SSSR count). The first kappa shape index (κ1) is 18.6. The number of H-pyrrole nitrogens is 1. The zero-order valence-electron chi connectivity index (χ0n) is 16.6. The lowest BCUT2D eigenvalue weighted by Crippen LogP contribution is -2.30. The minimum atomic E-state index is -0.336. The van der Waals surface area contributed by atoms with Crippen LogP contribution in [0.4, 0.5) is 0 Å². The van der Waals surface area contributed by atoms with Crippen LogP contribution in [-0.2, 0) is 11.8 Å². The van der Waals surface area contributed by atoms with Gasteiger partial charge in [-0.3, -0.25) is 5.10 Å². The molecule has 0 radical (unpaired) electrons. The molecule has 150 valence electrons. The number of benzene rings is 2. The van der Waals surface area contributed by atoms with E-state index < -0.39 is 0 Å². The molecule has 1 aliphatic rings. The zero-order chi connectivity index (χ0) is 20.6. The summed E-state index contributed by atoms with van der Waals surface area (Å²) in [6, 6.07) is 18.8. The summed E-state index contributed by atoms with van der Waals surface area (Å²) >= 11 is 1.12. The van der Waals surface area contributed by atoms with Gasteiger partial charge in [0.15, 0.2) is 5.69 Å². The van der Waals surface area contributed by atoms with Gasteiger partial charge in [-0.05, 0) is 23.3 Å². The van der Waals surface area contributed by atoms with E-state index in [-0.39, 0.29) is 5.41 Å². The number of methoxy groups -OCH3 is 2. The molecule has 2 heterocycles. The predicted octanol–water partition coefficient (Wildman–Crippen LogP) is 4.50. The monoisotopic (exact) mass is 416 g/mol. The minimum Gasteiger partial charge on any atom is -0.497 e. The lowest BCUT2D eigenvalue weighted by atomic mass is 9.68. The predicted molar refractivity (Wildman–Crippen MR) is 117 cm³/mol. The highest BCUT2D eigenvalue weighted by Crippen LogP contribution is 2.44. The topological polar surface area (TPSA) is 72.9 Å². The van der Waals surface area contributed by atoms with Crippen LogP contribution in [-0.4, -0.2) is 33.2 Å². The fourth-order valence-corrected chi connectivity index (χ4v) is 4.63. The van der Waals surface area contributed by atoms with Gasteiger partial charge in [0, 0.05) is 23.1 Å². The summed E-state index contributed by atoms with van der Waals surface area (Å²) in [6.45, 7) is 0. The van der Waals surface area contributed by atoms with Gasteiger partial charge >= 0.3 is 0 Å². The van der Waals surface area contributed by atoms with Crippen molar-refractivity contribution in [1.29, 1.82) is 0 Å². The number of aromatic amines is 1. The third-order valence-corrected chi connectivity index (χ3v) is 6.13. The Morgan fingerprint density at radius 1 is 0.933 bits per heavy atom. The fraction of sp³-hybridized carbons (Fsp3) is 0.174. The second kappa shape index (κ2) is 7.42. The van der Waals surface area contributed by atoms with Crippen molar-refractivity contribution in [3.05, 3.63) is 83.1 Å². The lowest BCUT2D eigenvalue weighted by Gasteiger charge is -2.34. The molecule has 0 aliphatic heterocycles. The Morgan fingerprint density at radius 3 is 2.57 bits per heavy atom. The molecule has 0 saturated heterocycles. The zero-order valence-corrected chi connectivity index (χ0v) is 17.4. The van der Waals surface area contributed by atoms with Gasteiger partial charge in [-0.2, -0.15) is 9.47 Å². The highest BCUT2D eigenvalue weighted by atomic mass is 32.1.